The SMILES string of the molecule is C=C[C@@]1(C)C=C2CC[C@@H]3C(C)(C)[C@H](O[C@@H]4O[C@@H](CO)[C@H](O)[C@H]4O)CC[C@@]3(C)[C@H]2C[C@@H]1O[C@@H]1OC[C@@H](O)[C@H](O)[C@H]1O. The summed E-state index contributed by atoms with van der Waals surface area (Å²) in [6.45, 7) is 12.4. The van der Waals surface area contributed by atoms with Crippen LogP contribution in [0.4, 0.5) is 0 Å². The van der Waals surface area contributed by atoms with Crippen LogP contribution in [0.2, 0.25) is 0 Å². The fourth-order valence-corrected chi connectivity index (χ4v) is 8.48. The smallest absolute Gasteiger partial charge is 0.186 e. The van der Waals surface area contributed by atoms with E-state index in [9.17, 15) is 30.6 Å². The van der Waals surface area contributed by atoms with Gasteiger partial charge in [0.25, 0.3) is 0 Å². The molecule has 0 radical (unpaired) electrons. The van der Waals surface area contributed by atoms with E-state index in [1.54, 1.807) is 0 Å². The Morgan fingerprint density at radius 2 is 1.62 bits per heavy atom. The molecular formula is C30H48O10. The molecule has 0 spiro atoms. The first-order chi connectivity index (χ1) is 18.8. The van der Waals surface area contributed by atoms with Crippen molar-refractivity contribution in [3.05, 3.63) is 24.3 Å². The van der Waals surface area contributed by atoms with Gasteiger partial charge in [-0.15, -0.1) is 6.58 Å². The van der Waals surface area contributed by atoms with Crippen LogP contribution >= 0.6 is 0 Å². The van der Waals surface area contributed by atoms with Gasteiger partial charge in [-0.2, -0.15) is 0 Å². The van der Waals surface area contributed by atoms with Gasteiger partial charge in [0, 0.05) is 5.41 Å². The molecule has 4 fully saturated rings. The van der Waals surface area contributed by atoms with Gasteiger partial charge in [-0.25, -0.2) is 0 Å². The second-order valence-corrected chi connectivity index (χ2v) is 13.7. The van der Waals surface area contributed by atoms with Crippen molar-refractivity contribution < 1.29 is 49.6 Å². The Balaban J connectivity index is 1.36. The van der Waals surface area contributed by atoms with Crippen LogP contribution in [0.15, 0.2) is 24.3 Å². The van der Waals surface area contributed by atoms with Crippen molar-refractivity contribution in [1.82, 2.24) is 0 Å². The zero-order valence-corrected chi connectivity index (χ0v) is 24.1. The van der Waals surface area contributed by atoms with Crippen molar-refractivity contribution in [2.75, 3.05) is 13.2 Å². The first-order valence-corrected chi connectivity index (χ1v) is 14.7. The fourth-order valence-electron chi connectivity index (χ4n) is 8.48. The highest BCUT2D eigenvalue weighted by atomic mass is 16.7. The maximum absolute atomic E-state index is 10.6. The van der Waals surface area contributed by atoms with E-state index < -0.39 is 54.6 Å². The standard InChI is InChI=1S/C30H48O10/c1-6-29(4)12-15-7-8-19-28(2,3)20(39-27-25(36)23(34)18(13-31)38-27)9-10-30(19,5)16(15)11-21(29)40-26-24(35)22(33)17(32)14-37-26/h6,12,16-27,31-36H,1,7-11,13-14H2,2-5H3/t16-,17+,18-,19+,20+,21-,22-,23-,24+,25+,26-,27-,29-,30-/m0/s1. The van der Waals surface area contributed by atoms with Gasteiger partial charge in [0.2, 0.25) is 0 Å². The second-order valence-electron chi connectivity index (χ2n) is 13.7. The number of rotatable bonds is 6. The molecule has 0 aromatic carbocycles. The normalized spacial score (nSPS) is 52.4. The molecule has 5 rings (SSSR count). The molecule has 0 aromatic heterocycles. The summed E-state index contributed by atoms with van der Waals surface area (Å²) in [7, 11) is 0. The van der Waals surface area contributed by atoms with Gasteiger partial charge in [-0.1, -0.05) is 45.4 Å². The highest BCUT2D eigenvalue weighted by molar-refractivity contribution is 5.29. The number of hydrogen-bond acceptors (Lipinski definition) is 10. The third kappa shape index (κ3) is 4.92. The average molecular weight is 569 g/mol. The van der Waals surface area contributed by atoms with Gasteiger partial charge >= 0.3 is 0 Å². The van der Waals surface area contributed by atoms with Crippen LogP contribution in [-0.2, 0) is 18.9 Å². The molecule has 2 heterocycles. The number of fused-ring (bicyclic) bond motifs is 3. The lowest BCUT2D eigenvalue weighted by atomic mass is 9.44. The minimum absolute atomic E-state index is 0.0679. The molecule has 0 aromatic rings. The molecule has 14 atom stereocenters. The molecule has 10 nitrogen and oxygen atoms in total. The summed E-state index contributed by atoms with van der Waals surface area (Å²) in [5.74, 6) is 0.509. The monoisotopic (exact) mass is 568 g/mol. The van der Waals surface area contributed by atoms with Crippen molar-refractivity contribution in [2.45, 2.75) is 121 Å². The van der Waals surface area contributed by atoms with Crippen LogP contribution in [-0.4, -0.2) is 105 Å². The zero-order valence-electron chi connectivity index (χ0n) is 24.1. The largest absolute Gasteiger partial charge is 0.394 e. The molecule has 10 heteroatoms. The molecule has 2 saturated carbocycles. The van der Waals surface area contributed by atoms with Crippen molar-refractivity contribution in [3.63, 3.8) is 0 Å². The number of aliphatic hydroxyl groups is 6. The lowest BCUT2D eigenvalue weighted by Crippen LogP contribution is -2.59. The molecule has 6 N–H and O–H groups in total. The third-order valence-electron chi connectivity index (χ3n) is 11.1. The van der Waals surface area contributed by atoms with E-state index in [1.165, 1.54) is 5.57 Å². The van der Waals surface area contributed by atoms with Gasteiger partial charge in [0.05, 0.1) is 25.4 Å². The highest BCUT2D eigenvalue weighted by Gasteiger charge is 2.60. The molecule has 0 bridgehead atoms. The van der Waals surface area contributed by atoms with Crippen LogP contribution < -0.4 is 0 Å². The molecule has 0 amide bonds. The Morgan fingerprint density at radius 3 is 2.27 bits per heavy atom. The Morgan fingerprint density at radius 1 is 0.950 bits per heavy atom. The topological polar surface area (TPSA) is 158 Å². The van der Waals surface area contributed by atoms with E-state index in [-0.39, 0.29) is 42.2 Å². The van der Waals surface area contributed by atoms with E-state index in [2.05, 4.69) is 40.3 Å². The van der Waals surface area contributed by atoms with Gasteiger partial charge < -0.3 is 49.6 Å². The van der Waals surface area contributed by atoms with Crippen molar-refractivity contribution in [1.29, 1.82) is 0 Å². The molecule has 2 aliphatic heterocycles. The number of ether oxygens (including phenoxy) is 4. The second kappa shape index (κ2) is 11.0. The molecule has 40 heavy (non-hydrogen) atoms. The number of hydrogen-bond donors (Lipinski definition) is 6. The van der Waals surface area contributed by atoms with Crippen LogP contribution in [0.3, 0.4) is 0 Å². The quantitative estimate of drug-likeness (QED) is 0.256. The molecule has 0 unspecified atom stereocenters. The van der Waals surface area contributed by atoms with Gasteiger partial charge in [-0.3, -0.25) is 0 Å². The van der Waals surface area contributed by atoms with Crippen LogP contribution in [0.1, 0.15) is 59.8 Å². The van der Waals surface area contributed by atoms with Crippen LogP contribution in [0.5, 0.6) is 0 Å². The maximum atomic E-state index is 10.6. The van der Waals surface area contributed by atoms with E-state index in [1.807, 2.05) is 6.08 Å². The summed E-state index contributed by atoms with van der Waals surface area (Å²) in [6, 6.07) is 0. The number of allylic oxidation sites excluding steroid dienone is 1. The number of aliphatic hydroxyl groups excluding tert-OH is 6. The molecular weight excluding hydrogens is 520 g/mol. The predicted molar refractivity (Wildman–Crippen MR) is 144 cm³/mol. The summed E-state index contributed by atoms with van der Waals surface area (Å²) >= 11 is 0. The highest BCUT2D eigenvalue weighted by Crippen LogP contribution is 2.64. The Hall–Kier alpha value is -0.920. The van der Waals surface area contributed by atoms with Crippen molar-refractivity contribution >= 4 is 0 Å². The minimum atomic E-state index is -1.36. The summed E-state index contributed by atoms with van der Waals surface area (Å²) in [5.41, 5.74) is 0.569. The summed E-state index contributed by atoms with van der Waals surface area (Å²) in [6.07, 6.45) is -1.35. The first-order valence-electron chi connectivity index (χ1n) is 14.7. The molecule has 5 aliphatic rings. The van der Waals surface area contributed by atoms with E-state index in [4.69, 9.17) is 18.9 Å². The van der Waals surface area contributed by atoms with Crippen molar-refractivity contribution in [3.8, 4) is 0 Å². The lowest BCUT2D eigenvalue weighted by Gasteiger charge is -2.62. The third-order valence-corrected chi connectivity index (χ3v) is 11.1. The summed E-state index contributed by atoms with van der Waals surface area (Å²) < 4.78 is 24.0. The molecule has 3 aliphatic carbocycles. The van der Waals surface area contributed by atoms with Gasteiger partial charge in [-0.05, 0) is 54.8 Å². The Bertz CT molecular complexity index is 970. The van der Waals surface area contributed by atoms with Crippen molar-refractivity contribution in [2.24, 2.45) is 28.1 Å². The zero-order chi connectivity index (χ0) is 29.2. The van der Waals surface area contributed by atoms with Gasteiger partial charge in [0.1, 0.15) is 36.6 Å². The first kappa shape index (κ1) is 30.5. The Labute approximate surface area is 236 Å². The van der Waals surface area contributed by atoms with E-state index in [0.29, 0.717) is 12.3 Å². The maximum Gasteiger partial charge on any atom is 0.186 e. The fraction of sp³-hybridized carbons (Fsp3) is 0.867. The molecule has 2 saturated heterocycles. The minimum Gasteiger partial charge on any atom is -0.394 e. The lowest BCUT2D eigenvalue weighted by molar-refractivity contribution is -0.292. The molecule has 228 valence electrons. The summed E-state index contributed by atoms with van der Waals surface area (Å²) in [4.78, 5) is 0. The summed E-state index contributed by atoms with van der Waals surface area (Å²) in [5, 5.41) is 60.8. The van der Waals surface area contributed by atoms with Gasteiger partial charge in [0.15, 0.2) is 12.6 Å². The van der Waals surface area contributed by atoms with Crippen LogP contribution in [0, 0.1) is 28.1 Å². The van der Waals surface area contributed by atoms with E-state index in [0.717, 1.165) is 25.7 Å². The Kier molecular flexibility index (Phi) is 8.38. The van der Waals surface area contributed by atoms with E-state index >= 15 is 0 Å². The average Bonchev–Trinajstić information content (AvgIpc) is 3.19. The predicted octanol–water partition coefficient (Wildman–Crippen LogP) is 1.01. The van der Waals surface area contributed by atoms with Crippen LogP contribution in [0.25, 0.3) is 0 Å².